The van der Waals surface area contributed by atoms with Gasteiger partial charge in [-0.3, -0.25) is 14.4 Å². The largest absolute Gasteiger partial charge is 0.468 e. The second-order valence-corrected chi connectivity index (χ2v) is 7.69. The minimum Gasteiger partial charge on any atom is -0.468 e. The number of benzene rings is 2. The third kappa shape index (κ3) is 5.63. The molecule has 0 radical (unpaired) electrons. The Morgan fingerprint density at radius 2 is 1.82 bits per heavy atom. The normalized spacial score (nSPS) is 11.2. The van der Waals surface area contributed by atoms with Gasteiger partial charge in [0, 0.05) is 23.3 Å². The van der Waals surface area contributed by atoms with Crippen LogP contribution >= 0.6 is 11.6 Å². The Morgan fingerprint density at radius 1 is 1.12 bits per heavy atom. The molecule has 0 aliphatic heterocycles. The maximum atomic E-state index is 13.3. The number of nitrogens with zero attached hydrogens (tertiary/aromatic N) is 3. The molecule has 2 aromatic carbocycles. The van der Waals surface area contributed by atoms with E-state index in [2.05, 4.69) is 9.84 Å². The number of methoxy groups -OCH3 is 1. The highest BCUT2D eigenvalue weighted by atomic mass is 35.5. The van der Waals surface area contributed by atoms with E-state index in [1.165, 1.54) is 19.1 Å². The first-order valence-corrected chi connectivity index (χ1v) is 10.3. The standard InChI is InChI=1S/C23H19ClF3N3O4/c1-14-10-19(31)21(28-30(14)17-8-5-7-16(11-17)23(25,26)27)22(33)29(13-20(32)34-2)12-15-6-3-4-9-18(15)24/h3-11H,12-13H2,1-2H3. The average molecular weight is 494 g/mol. The third-order valence-electron chi connectivity index (χ3n) is 4.88. The van der Waals surface area contributed by atoms with Gasteiger partial charge in [-0.15, -0.1) is 0 Å². The molecule has 0 spiro atoms. The van der Waals surface area contributed by atoms with E-state index in [-0.39, 0.29) is 17.9 Å². The lowest BCUT2D eigenvalue weighted by molar-refractivity contribution is -0.141. The molecule has 11 heteroatoms. The second-order valence-electron chi connectivity index (χ2n) is 7.29. The van der Waals surface area contributed by atoms with Gasteiger partial charge in [0.2, 0.25) is 5.43 Å². The molecule has 0 saturated heterocycles. The zero-order valence-electron chi connectivity index (χ0n) is 18.1. The SMILES string of the molecule is COC(=O)CN(Cc1ccccc1Cl)C(=O)c1nn(-c2cccc(C(F)(F)F)c2)c(C)cc1=O. The number of ether oxygens (including phenoxy) is 1. The number of aryl methyl sites for hydroxylation is 1. The summed E-state index contributed by atoms with van der Waals surface area (Å²) < 4.78 is 45.2. The van der Waals surface area contributed by atoms with E-state index in [4.69, 9.17) is 11.6 Å². The molecule has 0 aliphatic rings. The van der Waals surface area contributed by atoms with Gasteiger partial charge in [0.25, 0.3) is 5.91 Å². The number of halogens is 4. The van der Waals surface area contributed by atoms with E-state index in [0.717, 1.165) is 34.9 Å². The van der Waals surface area contributed by atoms with Gasteiger partial charge in [-0.1, -0.05) is 35.9 Å². The van der Waals surface area contributed by atoms with Crippen molar-refractivity contribution in [3.05, 3.63) is 92.4 Å². The molecular formula is C23H19ClF3N3O4. The summed E-state index contributed by atoms with van der Waals surface area (Å²) >= 11 is 6.17. The van der Waals surface area contributed by atoms with Crippen LogP contribution in [0.1, 0.15) is 27.3 Å². The number of carbonyl (C=O) groups excluding carboxylic acids is 2. The Balaban J connectivity index is 2.06. The Kier molecular flexibility index (Phi) is 7.41. The van der Waals surface area contributed by atoms with Crippen molar-refractivity contribution in [3.63, 3.8) is 0 Å². The lowest BCUT2D eigenvalue weighted by Crippen LogP contribution is -2.39. The van der Waals surface area contributed by atoms with Crippen LogP contribution in [0.15, 0.2) is 59.4 Å². The molecule has 3 rings (SSSR count). The van der Waals surface area contributed by atoms with Crippen LogP contribution in [0.25, 0.3) is 5.69 Å². The molecule has 7 nitrogen and oxygen atoms in total. The highest BCUT2D eigenvalue weighted by Crippen LogP contribution is 2.30. The summed E-state index contributed by atoms with van der Waals surface area (Å²) in [7, 11) is 1.14. The first kappa shape index (κ1) is 25.0. The molecule has 34 heavy (non-hydrogen) atoms. The molecule has 3 aromatic rings. The van der Waals surface area contributed by atoms with Gasteiger partial charge >= 0.3 is 12.1 Å². The van der Waals surface area contributed by atoms with E-state index >= 15 is 0 Å². The van der Waals surface area contributed by atoms with E-state index in [0.29, 0.717) is 10.6 Å². The predicted molar refractivity (Wildman–Crippen MR) is 118 cm³/mol. The van der Waals surface area contributed by atoms with E-state index in [1.807, 2.05) is 0 Å². The molecule has 0 aliphatic carbocycles. The van der Waals surface area contributed by atoms with Gasteiger partial charge in [-0.2, -0.15) is 18.3 Å². The molecule has 0 atom stereocenters. The molecule has 0 unspecified atom stereocenters. The zero-order valence-corrected chi connectivity index (χ0v) is 18.9. The molecular weight excluding hydrogens is 475 g/mol. The van der Waals surface area contributed by atoms with Crippen molar-refractivity contribution >= 4 is 23.5 Å². The lowest BCUT2D eigenvalue weighted by atomic mass is 10.2. The summed E-state index contributed by atoms with van der Waals surface area (Å²) in [5, 5.41) is 4.38. The van der Waals surface area contributed by atoms with Crippen molar-refractivity contribution in [2.24, 2.45) is 0 Å². The van der Waals surface area contributed by atoms with E-state index in [1.54, 1.807) is 24.3 Å². The van der Waals surface area contributed by atoms with E-state index in [9.17, 15) is 27.6 Å². The summed E-state index contributed by atoms with van der Waals surface area (Å²) in [4.78, 5) is 38.9. The van der Waals surface area contributed by atoms with Crippen molar-refractivity contribution < 1.29 is 27.5 Å². The monoisotopic (exact) mass is 493 g/mol. The average Bonchev–Trinajstić information content (AvgIpc) is 2.79. The van der Waals surface area contributed by atoms with Crippen LogP contribution in [0.5, 0.6) is 0 Å². The molecule has 1 aromatic heterocycles. The molecule has 178 valence electrons. The summed E-state index contributed by atoms with van der Waals surface area (Å²) in [6.45, 7) is 0.837. The number of hydrogen-bond donors (Lipinski definition) is 0. The third-order valence-corrected chi connectivity index (χ3v) is 5.25. The molecule has 0 saturated carbocycles. The predicted octanol–water partition coefficient (Wildman–Crippen LogP) is 4.03. The lowest BCUT2D eigenvalue weighted by Gasteiger charge is -2.22. The molecule has 1 heterocycles. The van der Waals surface area contributed by atoms with Gasteiger partial charge < -0.3 is 9.64 Å². The van der Waals surface area contributed by atoms with Crippen LogP contribution < -0.4 is 5.43 Å². The minimum atomic E-state index is -4.59. The first-order chi connectivity index (χ1) is 16.0. The number of aromatic nitrogens is 2. The summed E-state index contributed by atoms with van der Waals surface area (Å²) in [6, 6.07) is 12.0. The van der Waals surface area contributed by atoms with Crippen LogP contribution in [-0.4, -0.2) is 40.2 Å². The second kappa shape index (κ2) is 10.1. The molecule has 0 bridgehead atoms. The number of hydrogen-bond acceptors (Lipinski definition) is 5. The molecule has 0 fully saturated rings. The van der Waals surface area contributed by atoms with Gasteiger partial charge in [-0.05, 0) is 36.8 Å². The van der Waals surface area contributed by atoms with Gasteiger partial charge in [0.05, 0.1) is 18.4 Å². The van der Waals surface area contributed by atoms with Crippen LogP contribution in [-0.2, 0) is 22.3 Å². The number of carbonyl (C=O) groups is 2. The van der Waals surface area contributed by atoms with Crippen LogP contribution in [0.2, 0.25) is 5.02 Å². The fraction of sp³-hybridized carbons (Fsp3) is 0.217. The fourth-order valence-corrected chi connectivity index (χ4v) is 3.37. The van der Waals surface area contributed by atoms with Gasteiger partial charge in [0.1, 0.15) is 6.54 Å². The Bertz CT molecular complexity index is 1290. The smallest absolute Gasteiger partial charge is 0.416 e. The highest BCUT2D eigenvalue weighted by Gasteiger charge is 2.31. The summed E-state index contributed by atoms with van der Waals surface area (Å²) in [5.74, 6) is -1.65. The Morgan fingerprint density at radius 3 is 2.47 bits per heavy atom. The minimum absolute atomic E-state index is 0.00648. The van der Waals surface area contributed by atoms with Crippen LogP contribution in [0.4, 0.5) is 13.2 Å². The first-order valence-electron chi connectivity index (χ1n) is 9.89. The van der Waals surface area contributed by atoms with Crippen LogP contribution in [0.3, 0.4) is 0 Å². The maximum absolute atomic E-state index is 13.3. The fourth-order valence-electron chi connectivity index (χ4n) is 3.17. The summed E-state index contributed by atoms with van der Waals surface area (Å²) in [5.41, 5.74) is -1.51. The van der Waals surface area contributed by atoms with Crippen molar-refractivity contribution in [2.45, 2.75) is 19.6 Å². The van der Waals surface area contributed by atoms with Gasteiger partial charge in [0.15, 0.2) is 5.69 Å². The zero-order chi connectivity index (χ0) is 25.0. The van der Waals surface area contributed by atoms with Gasteiger partial charge in [-0.25, -0.2) is 4.68 Å². The highest BCUT2D eigenvalue weighted by molar-refractivity contribution is 6.31. The maximum Gasteiger partial charge on any atom is 0.416 e. The molecule has 0 N–H and O–H groups in total. The number of alkyl halides is 3. The van der Waals surface area contributed by atoms with Crippen molar-refractivity contribution in [2.75, 3.05) is 13.7 Å². The topological polar surface area (TPSA) is 81.5 Å². The number of esters is 1. The van der Waals surface area contributed by atoms with E-state index < -0.39 is 41.3 Å². The Labute approximate surface area is 197 Å². The van der Waals surface area contributed by atoms with Crippen molar-refractivity contribution in [1.82, 2.24) is 14.7 Å². The van der Waals surface area contributed by atoms with Crippen LogP contribution in [0, 0.1) is 6.92 Å². The Hall–Kier alpha value is -3.66. The van der Waals surface area contributed by atoms with Crippen molar-refractivity contribution in [1.29, 1.82) is 0 Å². The quantitative estimate of drug-likeness (QED) is 0.484. The summed E-state index contributed by atoms with van der Waals surface area (Å²) in [6.07, 6.45) is -4.59. The van der Waals surface area contributed by atoms with Crippen molar-refractivity contribution in [3.8, 4) is 5.69 Å². The number of amides is 1. The number of rotatable bonds is 6. The molecule has 1 amide bonds.